The Hall–Kier alpha value is -1.98. The van der Waals surface area contributed by atoms with E-state index in [1.807, 2.05) is 0 Å². The first-order chi connectivity index (χ1) is 6.18. The molecule has 1 heterocycles. The summed E-state index contributed by atoms with van der Waals surface area (Å²) in [5.74, 6) is -0.922. The molecule has 66 valence electrons. The summed E-state index contributed by atoms with van der Waals surface area (Å²) in [5.41, 5.74) is -0.127. The molecule has 1 aromatic carbocycles. The van der Waals surface area contributed by atoms with Crippen molar-refractivity contribution in [1.82, 2.24) is 4.98 Å². The maximum Gasteiger partial charge on any atom is 0.307 e. The van der Waals surface area contributed by atoms with Crippen LogP contribution < -0.4 is 0 Å². The lowest BCUT2D eigenvalue weighted by molar-refractivity contribution is -0.387. The van der Waals surface area contributed by atoms with Crippen LogP contribution in [0.5, 0.6) is 0 Å². The molecule has 0 saturated carbocycles. The van der Waals surface area contributed by atoms with Gasteiger partial charge in [-0.2, -0.15) is 4.39 Å². The molecular weight excluding hydrogens is 179 g/mol. The van der Waals surface area contributed by atoms with Gasteiger partial charge in [-0.25, -0.2) is 4.98 Å². The number of aromatic nitrogens is 1. The highest BCUT2D eigenvalue weighted by Gasteiger charge is 2.16. The van der Waals surface area contributed by atoms with E-state index in [2.05, 4.69) is 4.98 Å². The van der Waals surface area contributed by atoms with E-state index in [1.54, 1.807) is 0 Å². The largest absolute Gasteiger partial charge is 0.443 e. The Morgan fingerprint density at radius 1 is 1.54 bits per heavy atom. The van der Waals surface area contributed by atoms with Crippen LogP contribution in [0.25, 0.3) is 11.1 Å². The van der Waals surface area contributed by atoms with Crippen molar-refractivity contribution in [2.75, 3.05) is 0 Å². The van der Waals surface area contributed by atoms with Gasteiger partial charge in [-0.3, -0.25) is 10.1 Å². The third kappa shape index (κ3) is 1.12. The highest BCUT2D eigenvalue weighted by atomic mass is 19.1. The minimum Gasteiger partial charge on any atom is -0.443 e. The zero-order valence-corrected chi connectivity index (χ0v) is 6.23. The summed E-state index contributed by atoms with van der Waals surface area (Å²) in [6.07, 6.45) is 1.10. The maximum absolute atomic E-state index is 12.9. The molecule has 2 rings (SSSR count). The quantitative estimate of drug-likeness (QED) is 0.498. The molecule has 0 N–H and O–H groups in total. The van der Waals surface area contributed by atoms with Crippen LogP contribution >= 0.6 is 0 Å². The standard InChI is InChI=1S/C7H3FN2O3/c8-4-1-7-5(9-3-13-7)2-6(4)10(11)12/h1-3H. The van der Waals surface area contributed by atoms with Crippen LogP contribution in [-0.2, 0) is 0 Å². The molecule has 0 radical (unpaired) electrons. The van der Waals surface area contributed by atoms with Crippen LogP contribution in [0.4, 0.5) is 10.1 Å². The van der Waals surface area contributed by atoms with Crippen LogP contribution in [0.15, 0.2) is 22.9 Å². The molecule has 0 aliphatic heterocycles. The van der Waals surface area contributed by atoms with Crippen LogP contribution in [-0.4, -0.2) is 9.91 Å². The van der Waals surface area contributed by atoms with Gasteiger partial charge >= 0.3 is 5.69 Å². The van der Waals surface area contributed by atoms with Crippen molar-refractivity contribution in [1.29, 1.82) is 0 Å². The number of halogens is 1. The molecule has 0 unspecified atom stereocenters. The van der Waals surface area contributed by atoms with Crippen LogP contribution in [0.3, 0.4) is 0 Å². The second-order valence-corrected chi connectivity index (χ2v) is 2.38. The van der Waals surface area contributed by atoms with Gasteiger partial charge in [0.1, 0.15) is 5.52 Å². The molecule has 6 heteroatoms. The van der Waals surface area contributed by atoms with Gasteiger partial charge in [0.05, 0.1) is 4.92 Å². The summed E-state index contributed by atoms with van der Waals surface area (Å²) in [6.45, 7) is 0. The summed E-state index contributed by atoms with van der Waals surface area (Å²) in [7, 11) is 0. The average Bonchev–Trinajstić information content (AvgIpc) is 2.48. The predicted molar refractivity (Wildman–Crippen MR) is 40.6 cm³/mol. The molecule has 13 heavy (non-hydrogen) atoms. The maximum atomic E-state index is 12.9. The van der Waals surface area contributed by atoms with Gasteiger partial charge in [0.2, 0.25) is 5.82 Å². The van der Waals surface area contributed by atoms with Crippen molar-refractivity contribution in [3.63, 3.8) is 0 Å². The Kier molecular flexibility index (Phi) is 1.48. The normalized spacial score (nSPS) is 10.5. The molecule has 0 spiro atoms. The van der Waals surface area contributed by atoms with Gasteiger partial charge in [0.25, 0.3) is 0 Å². The van der Waals surface area contributed by atoms with E-state index >= 15 is 0 Å². The molecule has 0 bridgehead atoms. The summed E-state index contributed by atoms with van der Waals surface area (Å²) >= 11 is 0. The monoisotopic (exact) mass is 182 g/mol. The van der Waals surface area contributed by atoms with Crippen molar-refractivity contribution >= 4 is 16.8 Å². The van der Waals surface area contributed by atoms with Gasteiger partial charge in [-0.05, 0) is 0 Å². The zero-order chi connectivity index (χ0) is 9.42. The average molecular weight is 182 g/mol. The molecule has 0 aliphatic carbocycles. The molecule has 1 aromatic heterocycles. The van der Waals surface area contributed by atoms with E-state index in [9.17, 15) is 14.5 Å². The molecule has 0 aliphatic rings. The van der Waals surface area contributed by atoms with Crippen molar-refractivity contribution < 1.29 is 13.7 Å². The molecule has 0 fully saturated rings. The first-order valence-corrected chi connectivity index (χ1v) is 3.35. The summed E-state index contributed by atoms with van der Waals surface area (Å²) in [4.78, 5) is 13.2. The Bertz CT molecular complexity index is 480. The number of benzene rings is 1. The first kappa shape index (κ1) is 7.66. The van der Waals surface area contributed by atoms with Crippen molar-refractivity contribution in [3.8, 4) is 0 Å². The number of nitro groups is 1. The fourth-order valence-corrected chi connectivity index (χ4v) is 1.01. The third-order valence-electron chi connectivity index (χ3n) is 1.60. The topological polar surface area (TPSA) is 69.2 Å². The van der Waals surface area contributed by atoms with Crippen molar-refractivity contribution in [3.05, 3.63) is 34.5 Å². The van der Waals surface area contributed by atoms with Crippen LogP contribution in [0.2, 0.25) is 0 Å². The lowest BCUT2D eigenvalue weighted by Crippen LogP contribution is -1.91. The summed E-state index contributed by atoms with van der Waals surface area (Å²) in [6, 6.07) is 1.98. The Balaban J connectivity index is 2.76. The fraction of sp³-hybridized carbons (Fsp3) is 0. The van der Waals surface area contributed by atoms with E-state index < -0.39 is 16.4 Å². The highest BCUT2D eigenvalue weighted by Crippen LogP contribution is 2.23. The van der Waals surface area contributed by atoms with Gasteiger partial charge in [-0.1, -0.05) is 0 Å². The summed E-state index contributed by atoms with van der Waals surface area (Å²) in [5, 5.41) is 10.3. The number of hydrogen-bond donors (Lipinski definition) is 0. The number of rotatable bonds is 1. The number of nitrogens with zero attached hydrogens (tertiary/aromatic N) is 2. The van der Waals surface area contributed by atoms with E-state index in [0.717, 1.165) is 18.5 Å². The van der Waals surface area contributed by atoms with Crippen LogP contribution in [0, 0.1) is 15.9 Å². The van der Waals surface area contributed by atoms with Crippen molar-refractivity contribution in [2.24, 2.45) is 0 Å². The lowest BCUT2D eigenvalue weighted by atomic mass is 10.3. The molecule has 0 amide bonds. The van der Waals surface area contributed by atoms with Gasteiger partial charge in [0, 0.05) is 12.1 Å². The van der Waals surface area contributed by atoms with Gasteiger partial charge in [0.15, 0.2) is 12.0 Å². The van der Waals surface area contributed by atoms with E-state index in [0.29, 0.717) is 0 Å². The molecule has 2 aromatic rings. The fourth-order valence-electron chi connectivity index (χ4n) is 1.01. The predicted octanol–water partition coefficient (Wildman–Crippen LogP) is 1.88. The number of nitro benzene ring substituents is 1. The highest BCUT2D eigenvalue weighted by molar-refractivity contribution is 5.75. The van der Waals surface area contributed by atoms with E-state index in [1.165, 1.54) is 0 Å². The van der Waals surface area contributed by atoms with Gasteiger partial charge < -0.3 is 4.42 Å². The molecule has 5 nitrogen and oxygen atoms in total. The Labute approximate surface area is 70.9 Å². The molecular formula is C7H3FN2O3. The second kappa shape index (κ2) is 2.51. The number of oxazole rings is 1. The smallest absolute Gasteiger partial charge is 0.307 e. The van der Waals surface area contributed by atoms with E-state index in [4.69, 9.17) is 4.42 Å². The van der Waals surface area contributed by atoms with E-state index in [-0.39, 0.29) is 11.1 Å². The SMILES string of the molecule is O=[N+]([O-])c1cc2ncoc2cc1F. The summed E-state index contributed by atoms with van der Waals surface area (Å²) < 4.78 is 17.7. The molecule has 0 atom stereocenters. The second-order valence-electron chi connectivity index (χ2n) is 2.38. The minimum atomic E-state index is -0.922. The van der Waals surface area contributed by atoms with Crippen LogP contribution in [0.1, 0.15) is 0 Å². The Morgan fingerprint density at radius 2 is 2.31 bits per heavy atom. The number of fused-ring (bicyclic) bond motifs is 1. The zero-order valence-electron chi connectivity index (χ0n) is 6.23. The first-order valence-electron chi connectivity index (χ1n) is 3.35. The molecule has 0 saturated heterocycles. The Morgan fingerprint density at radius 3 is 3.00 bits per heavy atom. The third-order valence-corrected chi connectivity index (χ3v) is 1.60. The van der Waals surface area contributed by atoms with Gasteiger partial charge in [-0.15, -0.1) is 0 Å². The van der Waals surface area contributed by atoms with Crippen molar-refractivity contribution in [2.45, 2.75) is 0 Å². The minimum absolute atomic E-state index is 0.197. The lowest BCUT2D eigenvalue weighted by Gasteiger charge is -1.91. The number of hydrogen-bond acceptors (Lipinski definition) is 4.